The number of hydrogen-bond acceptors (Lipinski definition) is 6. The van der Waals surface area contributed by atoms with E-state index < -0.39 is 12.0 Å². The van der Waals surface area contributed by atoms with Crippen molar-refractivity contribution in [1.82, 2.24) is 0 Å². The Kier molecular flexibility index (Phi) is 5.72. The van der Waals surface area contributed by atoms with Crippen LogP contribution < -0.4 is 0 Å². The number of rotatable bonds is 6. The Morgan fingerprint density at radius 3 is 2.59 bits per heavy atom. The van der Waals surface area contributed by atoms with E-state index in [0.717, 1.165) is 11.1 Å². The van der Waals surface area contributed by atoms with Crippen LogP contribution in [-0.2, 0) is 17.8 Å². The van der Waals surface area contributed by atoms with Crippen LogP contribution in [0, 0.1) is 0 Å². The predicted octanol–water partition coefficient (Wildman–Crippen LogP) is 2.54. The number of aliphatic imine (C=N–C) groups is 1. The van der Waals surface area contributed by atoms with E-state index >= 15 is 0 Å². The Balaban J connectivity index is 2.23. The zero-order valence-electron chi connectivity index (χ0n) is 14.8. The molecule has 0 bridgehead atoms. The number of fused-ring (bicyclic) bond motifs is 2. The smallest absolute Gasteiger partial charge is 0.328 e. The average Bonchev–Trinajstić information content (AvgIpc) is 2.63. The summed E-state index contributed by atoms with van der Waals surface area (Å²) in [5.74, 6) is -0.509. The van der Waals surface area contributed by atoms with Gasteiger partial charge in [-0.15, -0.1) is 0 Å². The summed E-state index contributed by atoms with van der Waals surface area (Å²) in [6.45, 7) is -0.217. The van der Waals surface area contributed by atoms with E-state index in [1.54, 1.807) is 12.1 Å². The van der Waals surface area contributed by atoms with Gasteiger partial charge >= 0.3 is 5.97 Å². The number of phenols is 2. The maximum Gasteiger partial charge on any atom is 0.328 e. The fourth-order valence-electron chi connectivity index (χ4n) is 3.35. The van der Waals surface area contributed by atoms with Gasteiger partial charge in [-0.1, -0.05) is 18.2 Å². The Hall–Kier alpha value is -2.51. The summed E-state index contributed by atoms with van der Waals surface area (Å²) in [4.78, 5) is 16.2. The number of benzene rings is 2. The van der Waals surface area contributed by atoms with Gasteiger partial charge < -0.3 is 20.4 Å². The Bertz CT molecular complexity index is 909. The topological polar surface area (TPSA) is 110 Å². The molecule has 3 rings (SSSR count). The molecular weight excluding hydrogens is 366 g/mol. The van der Waals surface area contributed by atoms with Crippen LogP contribution in [0.4, 0.5) is 0 Å². The summed E-state index contributed by atoms with van der Waals surface area (Å²) in [5.41, 5.74) is 3.24. The number of aliphatic carboxylic acids is 1. The van der Waals surface area contributed by atoms with E-state index in [0.29, 0.717) is 35.3 Å². The number of phenolic OH excluding ortho intramolecular Hbond substituents is 2. The number of carboxylic acids is 1. The first-order valence-electron chi connectivity index (χ1n) is 8.53. The fraction of sp³-hybridized carbons (Fsp3) is 0.300. The van der Waals surface area contributed by atoms with Gasteiger partial charge in [0.2, 0.25) is 0 Å². The van der Waals surface area contributed by atoms with E-state index in [-0.39, 0.29) is 23.8 Å². The third-order valence-electron chi connectivity index (χ3n) is 4.59. The molecule has 0 aromatic heterocycles. The minimum Gasteiger partial charge on any atom is -0.507 e. The van der Waals surface area contributed by atoms with E-state index in [9.17, 15) is 25.2 Å². The fourth-order valence-corrected chi connectivity index (χ4v) is 3.81. The number of aliphatic hydroxyl groups excluding tert-OH is 1. The second kappa shape index (κ2) is 8.02. The van der Waals surface area contributed by atoms with Gasteiger partial charge in [-0.3, -0.25) is 4.99 Å². The largest absolute Gasteiger partial charge is 0.507 e. The summed E-state index contributed by atoms with van der Waals surface area (Å²) < 4.78 is 0. The summed E-state index contributed by atoms with van der Waals surface area (Å²) >= 11 is 1.53. The number of carbonyl (C=O) groups is 1. The number of thioether (sulfide) groups is 1. The number of nitrogens with zero attached hydrogens (tertiary/aromatic N) is 1. The molecule has 0 amide bonds. The molecule has 0 saturated carbocycles. The van der Waals surface area contributed by atoms with Gasteiger partial charge in [-0.2, -0.15) is 11.8 Å². The monoisotopic (exact) mass is 387 g/mol. The molecule has 0 heterocycles. The van der Waals surface area contributed by atoms with Crippen molar-refractivity contribution in [2.24, 2.45) is 4.99 Å². The predicted molar refractivity (Wildman–Crippen MR) is 105 cm³/mol. The maximum absolute atomic E-state index is 11.7. The van der Waals surface area contributed by atoms with Crippen molar-refractivity contribution in [1.29, 1.82) is 0 Å². The third kappa shape index (κ3) is 3.79. The zero-order valence-corrected chi connectivity index (χ0v) is 15.7. The molecule has 142 valence electrons. The molecule has 1 aliphatic carbocycles. The molecule has 7 heteroatoms. The molecule has 1 aliphatic rings. The average molecular weight is 387 g/mol. The number of carboxylic acid groups (broad SMARTS) is 1. The molecule has 6 nitrogen and oxygen atoms in total. The van der Waals surface area contributed by atoms with Gasteiger partial charge in [0, 0.05) is 11.1 Å². The number of aromatic hydroxyl groups is 2. The minimum absolute atomic E-state index is 0.00320. The first kappa shape index (κ1) is 19.3. The van der Waals surface area contributed by atoms with Crippen molar-refractivity contribution in [2.45, 2.75) is 25.5 Å². The third-order valence-corrected chi connectivity index (χ3v) is 5.23. The highest BCUT2D eigenvalue weighted by molar-refractivity contribution is 7.98. The Morgan fingerprint density at radius 1 is 1.19 bits per heavy atom. The van der Waals surface area contributed by atoms with Gasteiger partial charge in [-0.05, 0) is 53.7 Å². The number of aliphatic hydroxyl groups is 1. The SMILES string of the molecule is CSCC[C@H](N=C1c2c(O)cccc2Cc2cc(CO)cc(O)c21)C(=O)O. The van der Waals surface area contributed by atoms with Crippen LogP contribution in [-0.4, -0.2) is 50.2 Å². The van der Waals surface area contributed by atoms with Crippen molar-refractivity contribution in [3.8, 4) is 11.5 Å². The molecule has 0 radical (unpaired) electrons. The molecule has 2 aromatic rings. The second-order valence-electron chi connectivity index (χ2n) is 6.41. The van der Waals surface area contributed by atoms with Crippen molar-refractivity contribution < 1.29 is 25.2 Å². The highest BCUT2D eigenvalue weighted by Crippen LogP contribution is 2.38. The normalized spacial score (nSPS) is 15.3. The molecule has 0 aliphatic heterocycles. The van der Waals surface area contributed by atoms with E-state index in [4.69, 9.17) is 0 Å². The van der Waals surface area contributed by atoms with E-state index in [2.05, 4.69) is 4.99 Å². The highest BCUT2D eigenvalue weighted by Gasteiger charge is 2.29. The molecule has 1 atom stereocenters. The van der Waals surface area contributed by atoms with Crippen molar-refractivity contribution in [2.75, 3.05) is 12.0 Å². The van der Waals surface area contributed by atoms with Gasteiger partial charge in [0.05, 0.1) is 12.3 Å². The molecule has 27 heavy (non-hydrogen) atoms. The first-order chi connectivity index (χ1) is 13.0. The summed E-state index contributed by atoms with van der Waals surface area (Å²) in [6, 6.07) is 7.31. The van der Waals surface area contributed by atoms with Crippen molar-refractivity contribution in [3.63, 3.8) is 0 Å². The molecule has 0 saturated heterocycles. The van der Waals surface area contributed by atoms with Gasteiger partial charge in [0.15, 0.2) is 0 Å². The maximum atomic E-state index is 11.7. The molecular formula is C20H21NO5S. The van der Waals surface area contributed by atoms with Gasteiger partial charge in [0.25, 0.3) is 0 Å². The van der Waals surface area contributed by atoms with Crippen LogP contribution in [0.1, 0.15) is 34.2 Å². The lowest BCUT2D eigenvalue weighted by atomic mass is 9.82. The summed E-state index contributed by atoms with van der Waals surface area (Å²) in [6.07, 6.45) is 2.68. The quantitative estimate of drug-likeness (QED) is 0.517. The summed E-state index contributed by atoms with van der Waals surface area (Å²) in [5, 5.41) is 40.0. The van der Waals surface area contributed by atoms with Crippen LogP contribution in [0.5, 0.6) is 11.5 Å². The Labute approximate surface area is 161 Å². The van der Waals surface area contributed by atoms with Crippen LogP contribution >= 0.6 is 11.8 Å². The minimum atomic E-state index is -1.05. The molecule has 4 N–H and O–H groups in total. The summed E-state index contributed by atoms with van der Waals surface area (Å²) in [7, 11) is 0. The van der Waals surface area contributed by atoms with Gasteiger partial charge in [0.1, 0.15) is 17.5 Å². The molecule has 0 fully saturated rings. The van der Waals surface area contributed by atoms with Crippen LogP contribution in [0.15, 0.2) is 35.3 Å². The zero-order chi connectivity index (χ0) is 19.6. The molecule has 2 aromatic carbocycles. The number of hydrogen-bond donors (Lipinski definition) is 4. The standard InChI is InChI=1S/C20H21NO5S/c1-27-6-5-14(20(25)26)21-19-17-12(3-2-4-15(17)23)9-13-7-11(10-22)8-16(24)18(13)19/h2-4,7-8,14,22-24H,5-6,9-10H2,1H3,(H,25,26)/t14-/m0/s1. The second-order valence-corrected chi connectivity index (χ2v) is 7.39. The van der Waals surface area contributed by atoms with Crippen LogP contribution in [0.2, 0.25) is 0 Å². The van der Waals surface area contributed by atoms with Crippen LogP contribution in [0.3, 0.4) is 0 Å². The van der Waals surface area contributed by atoms with Crippen molar-refractivity contribution >= 4 is 23.4 Å². The lowest BCUT2D eigenvalue weighted by Crippen LogP contribution is -2.24. The van der Waals surface area contributed by atoms with E-state index in [1.165, 1.54) is 23.9 Å². The highest BCUT2D eigenvalue weighted by atomic mass is 32.2. The Morgan fingerprint density at radius 2 is 1.93 bits per heavy atom. The lowest BCUT2D eigenvalue weighted by Gasteiger charge is -2.25. The first-order valence-corrected chi connectivity index (χ1v) is 9.92. The molecule has 0 spiro atoms. The van der Waals surface area contributed by atoms with E-state index in [1.807, 2.05) is 12.3 Å². The van der Waals surface area contributed by atoms with Crippen molar-refractivity contribution in [3.05, 3.63) is 58.1 Å². The van der Waals surface area contributed by atoms with Crippen LogP contribution in [0.25, 0.3) is 0 Å². The molecule has 0 unspecified atom stereocenters. The lowest BCUT2D eigenvalue weighted by molar-refractivity contribution is -0.138. The van der Waals surface area contributed by atoms with Gasteiger partial charge in [-0.25, -0.2) is 4.79 Å².